The lowest BCUT2D eigenvalue weighted by atomic mass is 10.1. The highest BCUT2D eigenvalue weighted by atomic mass is 35.5. The molecule has 0 aromatic heterocycles. The summed E-state index contributed by atoms with van der Waals surface area (Å²) in [5.41, 5.74) is 1.31. The maximum atomic E-state index is 12.9. The van der Waals surface area contributed by atoms with Gasteiger partial charge in [0.1, 0.15) is 6.61 Å². The first-order valence-electron chi connectivity index (χ1n) is 9.67. The number of nitrogens with zero attached hydrogens (tertiary/aromatic N) is 2. The van der Waals surface area contributed by atoms with Crippen molar-refractivity contribution in [3.8, 4) is 11.5 Å². The van der Waals surface area contributed by atoms with Crippen LogP contribution in [0.2, 0.25) is 5.02 Å². The van der Waals surface area contributed by atoms with Crippen molar-refractivity contribution in [3.63, 3.8) is 0 Å². The molecule has 2 aromatic carbocycles. The number of carbonyl (C=O) groups is 1. The molecule has 0 bridgehead atoms. The van der Waals surface area contributed by atoms with Crippen LogP contribution in [0.15, 0.2) is 42.5 Å². The van der Waals surface area contributed by atoms with Gasteiger partial charge in [-0.1, -0.05) is 29.8 Å². The largest absolute Gasteiger partial charge is 0.493 e. The lowest BCUT2D eigenvalue weighted by Gasteiger charge is -2.33. The number of rotatable bonds is 7. The van der Waals surface area contributed by atoms with E-state index in [2.05, 4.69) is 0 Å². The van der Waals surface area contributed by atoms with Crippen molar-refractivity contribution >= 4 is 27.5 Å². The molecule has 0 radical (unpaired) electrons. The molecule has 0 saturated carbocycles. The summed E-state index contributed by atoms with van der Waals surface area (Å²) in [5, 5.41) is 0.618. The number of halogens is 1. The Morgan fingerprint density at radius 2 is 1.77 bits per heavy atom. The Morgan fingerprint density at radius 3 is 2.40 bits per heavy atom. The summed E-state index contributed by atoms with van der Waals surface area (Å²) in [6, 6.07) is 12.4. The molecule has 1 fully saturated rings. The minimum absolute atomic E-state index is 0.0633. The Labute approximate surface area is 182 Å². The van der Waals surface area contributed by atoms with Gasteiger partial charge in [-0.15, -0.1) is 0 Å². The van der Waals surface area contributed by atoms with Crippen LogP contribution < -0.4 is 9.47 Å². The molecule has 3 rings (SSSR count). The van der Waals surface area contributed by atoms with E-state index < -0.39 is 10.0 Å². The number of ether oxygens (including phenoxy) is 2. The molecule has 0 unspecified atom stereocenters. The van der Waals surface area contributed by atoms with E-state index in [0.717, 1.165) is 5.56 Å². The fourth-order valence-corrected chi connectivity index (χ4v) is 4.50. The first-order chi connectivity index (χ1) is 14.4. The minimum Gasteiger partial charge on any atom is -0.493 e. The average molecular weight is 453 g/mol. The Morgan fingerprint density at radius 1 is 1.07 bits per heavy atom. The van der Waals surface area contributed by atoms with Crippen LogP contribution in [0.3, 0.4) is 0 Å². The van der Waals surface area contributed by atoms with Crippen LogP contribution in [0, 0.1) is 0 Å². The van der Waals surface area contributed by atoms with E-state index in [1.165, 1.54) is 11.4 Å². The molecule has 7 nitrogen and oxygen atoms in total. The predicted octanol–water partition coefficient (Wildman–Crippen LogP) is 3.04. The van der Waals surface area contributed by atoms with Gasteiger partial charge in [-0.2, -0.15) is 4.31 Å². The highest BCUT2D eigenvalue weighted by molar-refractivity contribution is 7.89. The minimum atomic E-state index is -3.23. The zero-order chi connectivity index (χ0) is 21.7. The normalized spacial score (nSPS) is 15.1. The van der Waals surface area contributed by atoms with E-state index in [1.54, 1.807) is 36.1 Å². The molecule has 1 amide bonds. The number of sulfonamides is 1. The number of piperazine rings is 1. The lowest BCUT2D eigenvalue weighted by Crippen LogP contribution is -2.50. The SMILES string of the molecule is CCS(=O)(=O)N1CCN(C(=O)c2ccc(OCc3ccccc3Cl)c(OC)c2)CC1. The number of hydrogen-bond acceptors (Lipinski definition) is 5. The van der Waals surface area contributed by atoms with Gasteiger partial charge in [-0.05, 0) is 31.2 Å². The fourth-order valence-electron chi connectivity index (χ4n) is 3.23. The number of hydrogen-bond donors (Lipinski definition) is 0. The molecule has 162 valence electrons. The van der Waals surface area contributed by atoms with Crippen LogP contribution in [0.25, 0.3) is 0 Å². The van der Waals surface area contributed by atoms with Gasteiger partial charge in [-0.25, -0.2) is 8.42 Å². The van der Waals surface area contributed by atoms with Gasteiger partial charge in [0.05, 0.1) is 12.9 Å². The number of benzene rings is 2. The Kier molecular flexibility index (Phi) is 7.23. The van der Waals surface area contributed by atoms with E-state index in [4.69, 9.17) is 21.1 Å². The van der Waals surface area contributed by atoms with E-state index in [1.807, 2.05) is 18.2 Å². The summed E-state index contributed by atoms with van der Waals surface area (Å²) < 4.78 is 36.6. The lowest BCUT2D eigenvalue weighted by molar-refractivity contribution is 0.0697. The summed E-state index contributed by atoms with van der Waals surface area (Å²) in [7, 11) is -1.72. The van der Waals surface area contributed by atoms with Crippen molar-refractivity contribution in [2.24, 2.45) is 0 Å². The molecule has 0 N–H and O–H groups in total. The molecule has 0 aliphatic carbocycles. The van der Waals surface area contributed by atoms with Crippen molar-refractivity contribution in [2.75, 3.05) is 39.0 Å². The number of amides is 1. The number of methoxy groups -OCH3 is 1. The van der Waals surface area contributed by atoms with Gasteiger partial charge in [0.25, 0.3) is 5.91 Å². The second-order valence-corrected chi connectivity index (χ2v) is 9.50. The highest BCUT2D eigenvalue weighted by Crippen LogP contribution is 2.30. The van der Waals surface area contributed by atoms with Crippen LogP contribution in [-0.2, 0) is 16.6 Å². The first-order valence-corrected chi connectivity index (χ1v) is 11.7. The van der Waals surface area contributed by atoms with E-state index in [0.29, 0.717) is 48.3 Å². The molecule has 1 heterocycles. The van der Waals surface area contributed by atoms with Crippen LogP contribution in [0.1, 0.15) is 22.8 Å². The number of carbonyl (C=O) groups excluding carboxylic acids is 1. The van der Waals surface area contributed by atoms with Gasteiger partial charge in [0, 0.05) is 42.3 Å². The molecular formula is C21H25ClN2O5S. The van der Waals surface area contributed by atoms with Crippen molar-refractivity contribution < 1.29 is 22.7 Å². The third-order valence-corrected chi connectivity index (χ3v) is 7.29. The maximum Gasteiger partial charge on any atom is 0.254 e. The summed E-state index contributed by atoms with van der Waals surface area (Å²) in [6.07, 6.45) is 0. The Balaban J connectivity index is 1.67. The smallest absolute Gasteiger partial charge is 0.254 e. The van der Waals surface area contributed by atoms with Crippen LogP contribution in [0.4, 0.5) is 0 Å². The maximum absolute atomic E-state index is 12.9. The molecule has 9 heteroatoms. The summed E-state index contributed by atoms with van der Waals surface area (Å²) in [4.78, 5) is 14.5. The second-order valence-electron chi connectivity index (χ2n) is 6.84. The molecule has 1 aliphatic heterocycles. The molecule has 0 atom stereocenters. The molecule has 1 saturated heterocycles. The summed E-state index contributed by atoms with van der Waals surface area (Å²) in [6.45, 7) is 3.21. The van der Waals surface area contributed by atoms with Crippen molar-refractivity contribution in [1.29, 1.82) is 0 Å². The summed E-state index contributed by atoms with van der Waals surface area (Å²) in [5.74, 6) is 0.848. The van der Waals surface area contributed by atoms with E-state index in [-0.39, 0.29) is 18.3 Å². The quantitative estimate of drug-likeness (QED) is 0.645. The third kappa shape index (κ3) is 5.06. The van der Waals surface area contributed by atoms with Gasteiger partial charge < -0.3 is 14.4 Å². The predicted molar refractivity (Wildman–Crippen MR) is 116 cm³/mol. The molecular weight excluding hydrogens is 428 g/mol. The van der Waals surface area contributed by atoms with Gasteiger partial charge in [-0.3, -0.25) is 4.79 Å². The molecule has 30 heavy (non-hydrogen) atoms. The van der Waals surface area contributed by atoms with Crippen LogP contribution in [-0.4, -0.2) is 62.6 Å². The highest BCUT2D eigenvalue weighted by Gasteiger charge is 2.28. The van der Waals surface area contributed by atoms with Gasteiger partial charge >= 0.3 is 0 Å². The van der Waals surface area contributed by atoms with Gasteiger partial charge in [0.2, 0.25) is 10.0 Å². The van der Waals surface area contributed by atoms with Crippen molar-refractivity contribution in [1.82, 2.24) is 9.21 Å². The average Bonchev–Trinajstić information content (AvgIpc) is 2.78. The van der Waals surface area contributed by atoms with Crippen LogP contribution in [0.5, 0.6) is 11.5 Å². The van der Waals surface area contributed by atoms with Crippen molar-refractivity contribution in [3.05, 3.63) is 58.6 Å². The second kappa shape index (κ2) is 9.68. The standard InChI is InChI=1S/C21H25ClN2O5S/c1-3-30(26,27)24-12-10-23(11-13-24)21(25)16-8-9-19(20(14-16)28-2)29-15-17-6-4-5-7-18(17)22/h4-9,14H,3,10-13,15H2,1-2H3. The Hall–Kier alpha value is -2.29. The van der Waals surface area contributed by atoms with E-state index >= 15 is 0 Å². The van der Waals surface area contributed by atoms with Crippen LogP contribution >= 0.6 is 11.6 Å². The molecule has 1 aliphatic rings. The van der Waals surface area contributed by atoms with E-state index in [9.17, 15) is 13.2 Å². The monoisotopic (exact) mass is 452 g/mol. The van der Waals surface area contributed by atoms with Gasteiger partial charge in [0.15, 0.2) is 11.5 Å². The van der Waals surface area contributed by atoms with Crippen molar-refractivity contribution in [2.45, 2.75) is 13.5 Å². The molecule has 2 aromatic rings. The zero-order valence-corrected chi connectivity index (χ0v) is 18.6. The fraction of sp³-hybridized carbons (Fsp3) is 0.381. The third-order valence-electron chi connectivity index (χ3n) is 5.04. The molecule has 0 spiro atoms. The topological polar surface area (TPSA) is 76.2 Å². The summed E-state index contributed by atoms with van der Waals surface area (Å²) >= 11 is 6.16. The zero-order valence-electron chi connectivity index (χ0n) is 17.0. The first kappa shape index (κ1) is 22.4. The Bertz CT molecular complexity index is 1000.